The summed E-state index contributed by atoms with van der Waals surface area (Å²) in [5.41, 5.74) is 9.62. The number of hydrogen-bond donors (Lipinski definition) is 2. The molecule has 0 aliphatic heterocycles. The summed E-state index contributed by atoms with van der Waals surface area (Å²) in [6, 6.07) is 3.84. The number of carbonyl (C=O) groups is 1. The first-order chi connectivity index (χ1) is 9.08. The molecule has 2 saturated carbocycles. The quantitative estimate of drug-likeness (QED) is 0.800. The molecule has 3 heteroatoms. The van der Waals surface area contributed by atoms with Crippen LogP contribution in [-0.2, 0) is 4.79 Å². The molecule has 2 aliphatic carbocycles. The molecule has 3 rings (SSSR count). The Morgan fingerprint density at radius 3 is 2.21 bits per heavy atom. The zero-order chi connectivity index (χ0) is 13.6. The van der Waals surface area contributed by atoms with Crippen molar-refractivity contribution < 1.29 is 4.79 Å². The molecule has 2 fully saturated rings. The Hall–Kier alpha value is -1.51. The normalized spacial score (nSPS) is 28.6. The van der Waals surface area contributed by atoms with Crippen molar-refractivity contribution in [2.24, 2.45) is 17.8 Å². The number of nitrogens with two attached hydrogens (primary N) is 1. The van der Waals surface area contributed by atoms with Gasteiger partial charge in [0.25, 0.3) is 0 Å². The average Bonchev–Trinajstić information content (AvgIpc) is 3.07. The van der Waals surface area contributed by atoms with Gasteiger partial charge >= 0.3 is 0 Å². The zero-order valence-electron chi connectivity index (χ0n) is 11.7. The monoisotopic (exact) mass is 258 g/mol. The standard InChI is InChI=1S/C16H22N2O/c1-9-7-11(17)8-10(2)15(9)18-16(19)14-12-5-3-4-6-13(12)14/h7-8,12-14H,3-6,17H2,1-2H3,(H,18,19). The highest BCUT2D eigenvalue weighted by Gasteiger charge is 2.54. The lowest BCUT2D eigenvalue weighted by Gasteiger charge is -2.12. The summed E-state index contributed by atoms with van der Waals surface area (Å²) in [5, 5.41) is 3.13. The first kappa shape index (κ1) is 12.5. The van der Waals surface area contributed by atoms with E-state index in [0.717, 1.165) is 22.5 Å². The van der Waals surface area contributed by atoms with Gasteiger partial charge in [-0.25, -0.2) is 0 Å². The van der Waals surface area contributed by atoms with Gasteiger partial charge < -0.3 is 11.1 Å². The molecule has 0 saturated heterocycles. The van der Waals surface area contributed by atoms with Crippen LogP contribution in [0.4, 0.5) is 11.4 Å². The van der Waals surface area contributed by atoms with Crippen molar-refractivity contribution in [3.63, 3.8) is 0 Å². The number of benzene rings is 1. The average molecular weight is 258 g/mol. The molecule has 2 atom stereocenters. The fraction of sp³-hybridized carbons (Fsp3) is 0.562. The summed E-state index contributed by atoms with van der Waals surface area (Å²) in [4.78, 5) is 12.4. The number of aryl methyl sites for hydroxylation is 2. The minimum Gasteiger partial charge on any atom is -0.399 e. The lowest BCUT2D eigenvalue weighted by atomic mass is 10.0. The second-order valence-corrected chi connectivity index (χ2v) is 6.16. The largest absolute Gasteiger partial charge is 0.399 e. The lowest BCUT2D eigenvalue weighted by molar-refractivity contribution is -0.117. The van der Waals surface area contributed by atoms with E-state index in [2.05, 4.69) is 5.32 Å². The van der Waals surface area contributed by atoms with E-state index >= 15 is 0 Å². The fourth-order valence-electron chi connectivity index (χ4n) is 3.78. The van der Waals surface area contributed by atoms with Gasteiger partial charge in [-0.1, -0.05) is 12.8 Å². The Morgan fingerprint density at radius 2 is 1.68 bits per heavy atom. The molecule has 102 valence electrons. The Kier molecular flexibility index (Phi) is 3.00. The summed E-state index contributed by atoms with van der Waals surface area (Å²) in [7, 11) is 0. The van der Waals surface area contributed by atoms with Crippen LogP contribution < -0.4 is 11.1 Å². The lowest BCUT2D eigenvalue weighted by Crippen LogP contribution is -2.17. The molecule has 2 unspecified atom stereocenters. The Labute approximate surface area is 114 Å². The predicted molar refractivity (Wildman–Crippen MR) is 77.9 cm³/mol. The van der Waals surface area contributed by atoms with E-state index in [1.807, 2.05) is 26.0 Å². The molecule has 19 heavy (non-hydrogen) atoms. The minimum absolute atomic E-state index is 0.216. The smallest absolute Gasteiger partial charge is 0.228 e. The summed E-state index contributed by atoms with van der Waals surface area (Å²) in [5.74, 6) is 1.79. The van der Waals surface area contributed by atoms with Gasteiger partial charge in [-0.05, 0) is 61.8 Å². The molecule has 1 aromatic carbocycles. The van der Waals surface area contributed by atoms with Crippen LogP contribution in [0.3, 0.4) is 0 Å². The molecule has 2 aliphatic rings. The van der Waals surface area contributed by atoms with Crippen molar-refractivity contribution in [2.45, 2.75) is 39.5 Å². The minimum atomic E-state index is 0.216. The van der Waals surface area contributed by atoms with Gasteiger partial charge in [0.15, 0.2) is 0 Å². The summed E-state index contributed by atoms with van der Waals surface area (Å²) < 4.78 is 0. The maximum Gasteiger partial charge on any atom is 0.228 e. The first-order valence-electron chi connectivity index (χ1n) is 7.25. The highest BCUT2D eigenvalue weighted by atomic mass is 16.2. The van der Waals surface area contributed by atoms with E-state index < -0.39 is 0 Å². The number of nitrogens with one attached hydrogen (secondary N) is 1. The van der Waals surface area contributed by atoms with E-state index in [9.17, 15) is 4.79 Å². The van der Waals surface area contributed by atoms with E-state index in [4.69, 9.17) is 5.73 Å². The number of rotatable bonds is 2. The van der Waals surface area contributed by atoms with Gasteiger partial charge in [-0.3, -0.25) is 4.79 Å². The molecule has 0 radical (unpaired) electrons. The molecule has 3 N–H and O–H groups in total. The third-order valence-electron chi connectivity index (χ3n) is 4.76. The van der Waals surface area contributed by atoms with E-state index in [-0.39, 0.29) is 11.8 Å². The van der Waals surface area contributed by atoms with Crippen LogP contribution in [0.25, 0.3) is 0 Å². The molecule has 0 bridgehead atoms. The second kappa shape index (κ2) is 4.55. The molecule has 1 aromatic rings. The van der Waals surface area contributed by atoms with Crippen LogP contribution >= 0.6 is 0 Å². The van der Waals surface area contributed by atoms with Crippen molar-refractivity contribution in [3.05, 3.63) is 23.3 Å². The van der Waals surface area contributed by atoms with Crippen LogP contribution in [0.5, 0.6) is 0 Å². The van der Waals surface area contributed by atoms with Gasteiger partial charge in [-0.2, -0.15) is 0 Å². The Bertz CT molecular complexity index is 488. The van der Waals surface area contributed by atoms with Gasteiger partial charge in [-0.15, -0.1) is 0 Å². The van der Waals surface area contributed by atoms with Crippen LogP contribution in [0.15, 0.2) is 12.1 Å². The van der Waals surface area contributed by atoms with E-state index in [0.29, 0.717) is 11.8 Å². The summed E-state index contributed by atoms with van der Waals surface area (Å²) >= 11 is 0. The molecule has 3 nitrogen and oxygen atoms in total. The first-order valence-corrected chi connectivity index (χ1v) is 7.25. The van der Waals surface area contributed by atoms with Crippen LogP contribution in [-0.4, -0.2) is 5.91 Å². The number of carbonyl (C=O) groups excluding carboxylic acids is 1. The van der Waals surface area contributed by atoms with Gasteiger partial charge in [0, 0.05) is 17.3 Å². The van der Waals surface area contributed by atoms with Crippen molar-refractivity contribution in [1.82, 2.24) is 0 Å². The molecule has 0 spiro atoms. The maximum atomic E-state index is 12.4. The number of fused-ring (bicyclic) bond motifs is 1. The Balaban J connectivity index is 1.74. The SMILES string of the molecule is Cc1cc(N)cc(C)c1NC(=O)C1C2CCCCC21. The van der Waals surface area contributed by atoms with Crippen molar-refractivity contribution in [2.75, 3.05) is 11.1 Å². The van der Waals surface area contributed by atoms with E-state index in [1.165, 1.54) is 25.7 Å². The van der Waals surface area contributed by atoms with Crippen LogP contribution in [0.2, 0.25) is 0 Å². The topological polar surface area (TPSA) is 55.1 Å². The predicted octanol–water partition coefficient (Wildman–Crippen LogP) is 3.26. The number of nitrogen functional groups attached to an aromatic ring is 1. The third-order valence-corrected chi connectivity index (χ3v) is 4.76. The highest BCUT2D eigenvalue weighted by Crippen LogP contribution is 2.55. The highest BCUT2D eigenvalue weighted by molar-refractivity contribution is 5.96. The molecule has 0 aromatic heterocycles. The zero-order valence-corrected chi connectivity index (χ0v) is 11.7. The van der Waals surface area contributed by atoms with Crippen molar-refractivity contribution >= 4 is 17.3 Å². The second-order valence-electron chi connectivity index (χ2n) is 6.16. The van der Waals surface area contributed by atoms with Gasteiger partial charge in [0.05, 0.1) is 0 Å². The van der Waals surface area contributed by atoms with Crippen LogP contribution in [0.1, 0.15) is 36.8 Å². The summed E-state index contributed by atoms with van der Waals surface area (Å²) in [6.07, 6.45) is 5.07. The number of amides is 1. The number of hydrogen-bond acceptors (Lipinski definition) is 2. The maximum absolute atomic E-state index is 12.4. The van der Waals surface area contributed by atoms with Crippen molar-refractivity contribution in [3.8, 4) is 0 Å². The molecule has 1 amide bonds. The van der Waals surface area contributed by atoms with Gasteiger partial charge in [0.2, 0.25) is 5.91 Å². The Morgan fingerprint density at radius 1 is 1.16 bits per heavy atom. The van der Waals surface area contributed by atoms with Gasteiger partial charge in [0.1, 0.15) is 0 Å². The van der Waals surface area contributed by atoms with E-state index in [1.54, 1.807) is 0 Å². The molecular weight excluding hydrogens is 236 g/mol. The summed E-state index contributed by atoms with van der Waals surface area (Å²) in [6.45, 7) is 4.00. The number of anilines is 2. The van der Waals surface area contributed by atoms with Crippen LogP contribution in [0, 0.1) is 31.6 Å². The molecule has 0 heterocycles. The van der Waals surface area contributed by atoms with Crippen molar-refractivity contribution in [1.29, 1.82) is 0 Å². The third kappa shape index (κ3) is 2.22. The molecular formula is C16H22N2O. The fourth-order valence-corrected chi connectivity index (χ4v) is 3.78.